The number of hydrogen-bond donors (Lipinski definition) is 1. The van der Waals surface area contributed by atoms with Crippen molar-refractivity contribution in [1.29, 1.82) is 0 Å². The molecule has 0 aromatic heterocycles. The minimum Gasteiger partial charge on any atom is -0.384 e. The number of para-hydroxylation sites is 1. The Balaban J connectivity index is 1.52. The molecule has 3 heteroatoms. The predicted octanol–water partition coefficient (Wildman–Crippen LogP) is 4.37. The fraction of sp³-hybridized carbons (Fsp3) is 0.333. The van der Waals surface area contributed by atoms with Crippen LogP contribution in [0.4, 0.5) is 5.69 Å². The van der Waals surface area contributed by atoms with E-state index < -0.39 is 0 Å². The third-order valence-corrected chi connectivity index (χ3v) is 4.42. The maximum atomic E-state index is 5.92. The first-order chi connectivity index (χ1) is 10.2. The van der Waals surface area contributed by atoms with Crippen molar-refractivity contribution in [2.24, 2.45) is 0 Å². The fourth-order valence-corrected chi connectivity index (χ4v) is 3.10. The Labute approximate surface area is 131 Å². The summed E-state index contributed by atoms with van der Waals surface area (Å²) in [5.74, 6) is 0.633. The Hall–Kier alpha value is -1.51. The molecular weight excluding hydrogens is 280 g/mol. The summed E-state index contributed by atoms with van der Waals surface area (Å²) in [5.41, 5.74) is 4.09. The molecule has 1 N–H and O–H groups in total. The maximum absolute atomic E-state index is 5.92. The molecule has 2 aromatic carbocycles. The van der Waals surface area contributed by atoms with E-state index in [0.29, 0.717) is 5.92 Å². The van der Waals surface area contributed by atoms with E-state index in [1.807, 2.05) is 12.1 Å². The maximum Gasteiger partial charge on any atom is 0.0406 e. The molecule has 0 bridgehead atoms. The molecule has 110 valence electrons. The molecule has 1 atom stereocenters. The molecule has 0 fully saturated rings. The number of nitrogens with one attached hydrogen (secondary N) is 1. The lowest BCUT2D eigenvalue weighted by Crippen LogP contribution is -2.21. The van der Waals surface area contributed by atoms with Crippen molar-refractivity contribution in [3.8, 4) is 0 Å². The van der Waals surface area contributed by atoms with Gasteiger partial charge in [-0.15, -0.1) is 0 Å². The number of rotatable bonds is 5. The molecule has 1 heterocycles. The lowest BCUT2D eigenvalue weighted by Gasteiger charge is -2.19. The van der Waals surface area contributed by atoms with Crippen LogP contribution in [0.1, 0.15) is 23.5 Å². The van der Waals surface area contributed by atoms with Crippen LogP contribution in [-0.4, -0.2) is 25.0 Å². The first-order valence-electron chi connectivity index (χ1n) is 7.48. The predicted molar refractivity (Wildman–Crippen MR) is 90.1 cm³/mol. The van der Waals surface area contributed by atoms with Crippen LogP contribution >= 0.6 is 11.6 Å². The van der Waals surface area contributed by atoms with E-state index in [4.69, 9.17) is 11.6 Å². The second-order valence-corrected chi connectivity index (χ2v) is 6.25. The standard InChI is InChI=1S/C18H21ClN2/c1-21(13-14-6-8-16(19)9-7-14)11-10-15-12-20-18-5-3-2-4-17(15)18/h2-9,15,20H,10-13H2,1H3. The number of benzene rings is 2. The smallest absolute Gasteiger partial charge is 0.0406 e. The number of hydrogen-bond acceptors (Lipinski definition) is 2. The Morgan fingerprint density at radius 3 is 2.71 bits per heavy atom. The van der Waals surface area contributed by atoms with Crippen LogP contribution in [-0.2, 0) is 6.54 Å². The molecule has 3 rings (SSSR count). The van der Waals surface area contributed by atoms with E-state index in [2.05, 4.69) is 53.7 Å². The molecule has 2 nitrogen and oxygen atoms in total. The minimum atomic E-state index is 0.633. The van der Waals surface area contributed by atoms with Gasteiger partial charge in [-0.25, -0.2) is 0 Å². The zero-order valence-electron chi connectivity index (χ0n) is 12.3. The highest BCUT2D eigenvalue weighted by atomic mass is 35.5. The largest absolute Gasteiger partial charge is 0.384 e. The van der Waals surface area contributed by atoms with Crippen LogP contribution in [0, 0.1) is 0 Å². The summed E-state index contributed by atoms with van der Waals surface area (Å²) in [6, 6.07) is 16.8. The van der Waals surface area contributed by atoms with Crippen molar-refractivity contribution >= 4 is 17.3 Å². The molecule has 2 aromatic rings. The van der Waals surface area contributed by atoms with Crippen molar-refractivity contribution in [2.75, 3.05) is 25.5 Å². The topological polar surface area (TPSA) is 15.3 Å². The molecule has 1 aliphatic heterocycles. The number of halogens is 1. The third kappa shape index (κ3) is 3.58. The van der Waals surface area contributed by atoms with Crippen molar-refractivity contribution < 1.29 is 0 Å². The zero-order valence-corrected chi connectivity index (χ0v) is 13.1. The number of nitrogens with zero attached hydrogens (tertiary/aromatic N) is 1. The van der Waals surface area contributed by atoms with Crippen LogP contribution in [0.25, 0.3) is 0 Å². The van der Waals surface area contributed by atoms with Crippen molar-refractivity contribution in [3.05, 3.63) is 64.7 Å². The molecule has 0 saturated carbocycles. The van der Waals surface area contributed by atoms with Gasteiger partial charge in [0.05, 0.1) is 0 Å². The number of anilines is 1. The average Bonchev–Trinajstić information content (AvgIpc) is 2.91. The summed E-state index contributed by atoms with van der Waals surface area (Å²) < 4.78 is 0. The van der Waals surface area contributed by atoms with Gasteiger partial charge in [-0.05, 0) is 49.3 Å². The van der Waals surface area contributed by atoms with Gasteiger partial charge in [0.15, 0.2) is 0 Å². The molecular formula is C18H21ClN2. The van der Waals surface area contributed by atoms with E-state index in [1.54, 1.807) is 0 Å². The van der Waals surface area contributed by atoms with Gasteiger partial charge in [-0.1, -0.05) is 41.9 Å². The average molecular weight is 301 g/mol. The Morgan fingerprint density at radius 2 is 1.90 bits per heavy atom. The molecule has 1 unspecified atom stereocenters. The molecule has 0 amide bonds. The van der Waals surface area contributed by atoms with E-state index in [-0.39, 0.29) is 0 Å². The van der Waals surface area contributed by atoms with Gasteiger partial charge in [-0.2, -0.15) is 0 Å². The first-order valence-corrected chi connectivity index (χ1v) is 7.86. The monoisotopic (exact) mass is 300 g/mol. The van der Waals surface area contributed by atoms with Gasteiger partial charge in [-0.3, -0.25) is 0 Å². The summed E-state index contributed by atoms with van der Waals surface area (Å²) in [4.78, 5) is 2.38. The van der Waals surface area contributed by atoms with Gasteiger partial charge in [0.1, 0.15) is 0 Å². The van der Waals surface area contributed by atoms with E-state index in [0.717, 1.165) is 24.7 Å². The van der Waals surface area contributed by atoms with Crippen molar-refractivity contribution in [2.45, 2.75) is 18.9 Å². The van der Waals surface area contributed by atoms with Gasteiger partial charge in [0.2, 0.25) is 0 Å². The van der Waals surface area contributed by atoms with Gasteiger partial charge in [0, 0.05) is 29.7 Å². The fourth-order valence-electron chi connectivity index (χ4n) is 2.97. The van der Waals surface area contributed by atoms with Crippen LogP contribution < -0.4 is 5.32 Å². The van der Waals surface area contributed by atoms with E-state index >= 15 is 0 Å². The molecule has 0 radical (unpaired) electrons. The van der Waals surface area contributed by atoms with E-state index in [1.165, 1.54) is 23.2 Å². The van der Waals surface area contributed by atoms with Crippen LogP contribution in [0.5, 0.6) is 0 Å². The normalized spacial score (nSPS) is 16.8. The second-order valence-electron chi connectivity index (χ2n) is 5.82. The van der Waals surface area contributed by atoms with Crippen molar-refractivity contribution in [3.63, 3.8) is 0 Å². The van der Waals surface area contributed by atoms with Crippen LogP contribution in [0.15, 0.2) is 48.5 Å². The third-order valence-electron chi connectivity index (χ3n) is 4.16. The first kappa shape index (κ1) is 14.4. The Kier molecular flexibility index (Phi) is 4.47. The second kappa shape index (κ2) is 6.50. The molecule has 1 aliphatic rings. The summed E-state index contributed by atoms with van der Waals surface area (Å²) >= 11 is 5.92. The van der Waals surface area contributed by atoms with Gasteiger partial charge >= 0.3 is 0 Å². The SMILES string of the molecule is CN(CCC1CNc2ccccc21)Cc1ccc(Cl)cc1. The lowest BCUT2D eigenvalue weighted by atomic mass is 9.98. The van der Waals surface area contributed by atoms with Crippen molar-refractivity contribution in [1.82, 2.24) is 4.90 Å². The minimum absolute atomic E-state index is 0.633. The zero-order chi connectivity index (χ0) is 14.7. The summed E-state index contributed by atoms with van der Waals surface area (Å²) in [6.07, 6.45) is 1.19. The summed E-state index contributed by atoms with van der Waals surface area (Å²) in [5, 5.41) is 4.30. The van der Waals surface area contributed by atoms with E-state index in [9.17, 15) is 0 Å². The molecule has 0 aliphatic carbocycles. The Morgan fingerprint density at radius 1 is 1.14 bits per heavy atom. The molecule has 21 heavy (non-hydrogen) atoms. The molecule has 0 spiro atoms. The number of fused-ring (bicyclic) bond motifs is 1. The van der Waals surface area contributed by atoms with Crippen LogP contribution in [0.2, 0.25) is 5.02 Å². The van der Waals surface area contributed by atoms with Crippen LogP contribution in [0.3, 0.4) is 0 Å². The Bertz CT molecular complexity index is 594. The highest BCUT2D eigenvalue weighted by molar-refractivity contribution is 6.30. The van der Waals surface area contributed by atoms with Gasteiger partial charge in [0.25, 0.3) is 0 Å². The highest BCUT2D eigenvalue weighted by Crippen LogP contribution is 2.33. The summed E-state index contributed by atoms with van der Waals surface area (Å²) in [6.45, 7) is 3.14. The highest BCUT2D eigenvalue weighted by Gasteiger charge is 2.21. The lowest BCUT2D eigenvalue weighted by molar-refractivity contribution is 0.313. The van der Waals surface area contributed by atoms with Gasteiger partial charge < -0.3 is 10.2 Å². The quantitative estimate of drug-likeness (QED) is 0.882. The summed E-state index contributed by atoms with van der Waals surface area (Å²) in [7, 11) is 2.18. The molecule has 0 saturated heterocycles.